The molecule has 1 aromatic carbocycles. The number of halogens is 3. The van der Waals surface area contributed by atoms with Gasteiger partial charge in [0, 0.05) is 15.7 Å². The van der Waals surface area contributed by atoms with Crippen molar-refractivity contribution >= 4 is 31.9 Å². The van der Waals surface area contributed by atoms with Crippen LogP contribution in [0, 0.1) is 12.7 Å². The highest BCUT2D eigenvalue weighted by Crippen LogP contribution is 2.27. The molecule has 0 saturated carbocycles. The third-order valence-corrected chi connectivity index (χ3v) is 3.06. The number of aromatic nitrogens is 2. The van der Waals surface area contributed by atoms with E-state index in [4.69, 9.17) is 0 Å². The van der Waals surface area contributed by atoms with Gasteiger partial charge in [-0.25, -0.2) is 14.4 Å². The second-order valence-electron chi connectivity index (χ2n) is 3.28. The minimum absolute atomic E-state index is 0.289. The quantitative estimate of drug-likeness (QED) is 0.727. The second kappa shape index (κ2) is 4.59. The zero-order chi connectivity index (χ0) is 11.7. The molecule has 0 N–H and O–H groups in total. The topological polar surface area (TPSA) is 25.8 Å². The van der Waals surface area contributed by atoms with Crippen LogP contribution >= 0.6 is 31.9 Å². The molecular formula is C11H7Br2FN2. The fourth-order valence-electron chi connectivity index (χ4n) is 1.32. The van der Waals surface area contributed by atoms with Gasteiger partial charge in [0.05, 0.1) is 0 Å². The summed E-state index contributed by atoms with van der Waals surface area (Å²) in [4.78, 5) is 8.55. The average molecular weight is 346 g/mol. The highest BCUT2D eigenvalue weighted by Gasteiger charge is 2.08. The van der Waals surface area contributed by atoms with Crippen LogP contribution in [0.15, 0.2) is 33.3 Å². The maximum atomic E-state index is 12.9. The maximum Gasteiger partial charge on any atom is 0.161 e. The van der Waals surface area contributed by atoms with Gasteiger partial charge in [0.25, 0.3) is 0 Å². The molecule has 5 heteroatoms. The van der Waals surface area contributed by atoms with E-state index in [1.54, 1.807) is 6.07 Å². The van der Waals surface area contributed by atoms with E-state index in [0.29, 0.717) is 14.9 Å². The summed E-state index contributed by atoms with van der Waals surface area (Å²) in [5.41, 5.74) is 1.62. The van der Waals surface area contributed by atoms with Gasteiger partial charge in [-0.3, -0.25) is 0 Å². The van der Waals surface area contributed by atoms with Crippen molar-refractivity contribution in [2.75, 3.05) is 0 Å². The van der Waals surface area contributed by atoms with Crippen molar-refractivity contribution in [3.63, 3.8) is 0 Å². The summed E-state index contributed by atoms with van der Waals surface area (Å²) >= 11 is 6.61. The Labute approximate surface area is 109 Å². The van der Waals surface area contributed by atoms with Crippen LogP contribution in [0.2, 0.25) is 0 Å². The molecule has 1 aromatic heterocycles. The molecule has 2 nitrogen and oxygen atoms in total. The molecule has 0 bridgehead atoms. The monoisotopic (exact) mass is 344 g/mol. The van der Waals surface area contributed by atoms with Crippen molar-refractivity contribution in [1.82, 2.24) is 9.97 Å². The van der Waals surface area contributed by atoms with E-state index in [9.17, 15) is 4.39 Å². The number of aryl methyl sites for hydroxylation is 1. The second-order valence-corrected chi connectivity index (χ2v) is 4.95. The van der Waals surface area contributed by atoms with Gasteiger partial charge in [0.15, 0.2) is 5.82 Å². The standard InChI is InChI=1S/C11H7Br2FN2/c1-6-4-10(13)16-11(15-6)8-3-2-7(14)5-9(8)12/h2-5H,1H3. The summed E-state index contributed by atoms with van der Waals surface area (Å²) in [6, 6.07) is 6.26. The summed E-state index contributed by atoms with van der Waals surface area (Å²) < 4.78 is 14.3. The van der Waals surface area contributed by atoms with Crippen molar-refractivity contribution in [1.29, 1.82) is 0 Å². The Hall–Kier alpha value is -0.810. The number of benzene rings is 1. The van der Waals surface area contributed by atoms with Gasteiger partial charge in [0.2, 0.25) is 0 Å². The third kappa shape index (κ3) is 2.47. The van der Waals surface area contributed by atoms with E-state index in [-0.39, 0.29) is 5.82 Å². The first-order chi connectivity index (χ1) is 7.56. The van der Waals surface area contributed by atoms with Crippen LogP contribution in [0.4, 0.5) is 4.39 Å². The minimum Gasteiger partial charge on any atom is -0.233 e. The lowest BCUT2D eigenvalue weighted by Crippen LogP contribution is -1.93. The Morgan fingerprint density at radius 1 is 1.12 bits per heavy atom. The van der Waals surface area contributed by atoms with E-state index in [2.05, 4.69) is 41.8 Å². The number of hydrogen-bond acceptors (Lipinski definition) is 2. The molecular weight excluding hydrogens is 339 g/mol. The van der Waals surface area contributed by atoms with Gasteiger partial charge in [-0.15, -0.1) is 0 Å². The van der Waals surface area contributed by atoms with E-state index in [0.717, 1.165) is 11.3 Å². The van der Waals surface area contributed by atoms with Crippen LogP contribution in [0.3, 0.4) is 0 Å². The first kappa shape index (κ1) is 11.7. The van der Waals surface area contributed by atoms with E-state index >= 15 is 0 Å². The number of rotatable bonds is 1. The van der Waals surface area contributed by atoms with Gasteiger partial charge in [0.1, 0.15) is 10.4 Å². The minimum atomic E-state index is -0.289. The van der Waals surface area contributed by atoms with Crippen LogP contribution in [0.25, 0.3) is 11.4 Å². The van der Waals surface area contributed by atoms with Gasteiger partial charge >= 0.3 is 0 Å². The van der Waals surface area contributed by atoms with Gasteiger partial charge < -0.3 is 0 Å². The number of hydrogen-bond donors (Lipinski definition) is 0. The molecule has 0 amide bonds. The van der Waals surface area contributed by atoms with E-state index in [1.165, 1.54) is 12.1 Å². The van der Waals surface area contributed by atoms with E-state index in [1.807, 2.05) is 13.0 Å². The molecule has 0 aliphatic heterocycles. The lowest BCUT2D eigenvalue weighted by Gasteiger charge is -2.04. The zero-order valence-corrected chi connectivity index (χ0v) is 11.5. The molecule has 2 rings (SSSR count). The molecule has 0 fully saturated rings. The Morgan fingerprint density at radius 2 is 1.88 bits per heavy atom. The molecule has 0 aliphatic rings. The van der Waals surface area contributed by atoms with Crippen LogP contribution in [0.1, 0.15) is 5.69 Å². The summed E-state index contributed by atoms with van der Waals surface area (Å²) in [6.45, 7) is 1.88. The van der Waals surface area contributed by atoms with Crippen molar-refractivity contribution in [2.45, 2.75) is 6.92 Å². The predicted molar refractivity (Wildman–Crippen MR) is 67.6 cm³/mol. The van der Waals surface area contributed by atoms with Crippen molar-refractivity contribution in [3.8, 4) is 11.4 Å². The molecule has 0 saturated heterocycles. The highest BCUT2D eigenvalue weighted by molar-refractivity contribution is 9.10. The van der Waals surface area contributed by atoms with Gasteiger partial charge in [-0.05, 0) is 63.0 Å². The summed E-state index contributed by atoms with van der Waals surface area (Å²) in [6.07, 6.45) is 0. The van der Waals surface area contributed by atoms with Crippen LogP contribution in [-0.4, -0.2) is 9.97 Å². The molecule has 1 heterocycles. The van der Waals surface area contributed by atoms with E-state index < -0.39 is 0 Å². The Morgan fingerprint density at radius 3 is 2.50 bits per heavy atom. The molecule has 82 valence electrons. The van der Waals surface area contributed by atoms with Crippen LogP contribution in [-0.2, 0) is 0 Å². The smallest absolute Gasteiger partial charge is 0.161 e. The van der Waals surface area contributed by atoms with Crippen molar-refractivity contribution in [3.05, 3.63) is 44.9 Å². The fraction of sp³-hybridized carbons (Fsp3) is 0.0909. The Balaban J connectivity index is 2.58. The van der Waals surface area contributed by atoms with Gasteiger partial charge in [-0.2, -0.15) is 0 Å². The normalized spacial score (nSPS) is 10.5. The predicted octanol–water partition coefficient (Wildman–Crippen LogP) is 4.12. The Kier molecular flexibility index (Phi) is 3.35. The molecule has 0 unspecified atom stereocenters. The first-order valence-corrected chi connectivity index (χ1v) is 6.11. The van der Waals surface area contributed by atoms with Crippen LogP contribution in [0.5, 0.6) is 0 Å². The average Bonchev–Trinajstić information content (AvgIpc) is 2.15. The molecule has 0 spiro atoms. The molecule has 16 heavy (non-hydrogen) atoms. The van der Waals surface area contributed by atoms with Crippen LogP contribution < -0.4 is 0 Å². The molecule has 0 atom stereocenters. The summed E-state index contributed by atoms with van der Waals surface area (Å²) in [7, 11) is 0. The first-order valence-electron chi connectivity index (χ1n) is 4.53. The maximum absolute atomic E-state index is 12.9. The molecule has 2 aromatic rings. The SMILES string of the molecule is Cc1cc(Br)nc(-c2ccc(F)cc2Br)n1. The molecule has 0 aliphatic carbocycles. The highest BCUT2D eigenvalue weighted by atomic mass is 79.9. The van der Waals surface area contributed by atoms with Gasteiger partial charge in [-0.1, -0.05) is 0 Å². The lowest BCUT2D eigenvalue weighted by molar-refractivity contribution is 0.627. The number of nitrogens with zero attached hydrogens (tertiary/aromatic N) is 2. The largest absolute Gasteiger partial charge is 0.233 e. The van der Waals surface area contributed by atoms with Crippen molar-refractivity contribution in [2.24, 2.45) is 0 Å². The lowest BCUT2D eigenvalue weighted by atomic mass is 10.2. The zero-order valence-electron chi connectivity index (χ0n) is 8.34. The third-order valence-electron chi connectivity index (χ3n) is 1.99. The van der Waals surface area contributed by atoms with Crippen molar-refractivity contribution < 1.29 is 4.39 Å². The summed E-state index contributed by atoms with van der Waals surface area (Å²) in [5, 5.41) is 0. The fourth-order valence-corrected chi connectivity index (χ4v) is 2.35. The summed E-state index contributed by atoms with van der Waals surface area (Å²) in [5.74, 6) is 0.279. The Bertz CT molecular complexity index is 523. The molecule has 0 radical (unpaired) electrons.